The van der Waals surface area contributed by atoms with Crippen LogP contribution in [0.4, 0.5) is 0 Å². The summed E-state index contributed by atoms with van der Waals surface area (Å²) in [5.74, 6) is 0.296. The monoisotopic (exact) mass is 240 g/mol. The fourth-order valence-electron chi connectivity index (χ4n) is 1.43. The Morgan fingerprint density at radius 2 is 2.24 bits per heavy atom. The average molecular weight is 240 g/mol. The van der Waals surface area contributed by atoms with E-state index in [4.69, 9.17) is 15.6 Å². The summed E-state index contributed by atoms with van der Waals surface area (Å²) in [6.07, 6.45) is 2.20. The van der Waals surface area contributed by atoms with Crippen molar-refractivity contribution >= 4 is 0 Å². The first kappa shape index (κ1) is 13.7. The zero-order valence-electron chi connectivity index (χ0n) is 10.3. The van der Waals surface area contributed by atoms with Gasteiger partial charge in [-0.1, -0.05) is 0 Å². The molecule has 1 aromatic heterocycles. The summed E-state index contributed by atoms with van der Waals surface area (Å²) in [6, 6.07) is 3.38. The average Bonchev–Trinajstić information content (AvgIpc) is 2.22. The summed E-state index contributed by atoms with van der Waals surface area (Å²) in [6.45, 7) is 4.54. The molecule has 3 N–H and O–H groups in total. The van der Waals surface area contributed by atoms with Crippen LogP contribution in [0.15, 0.2) is 23.1 Å². The molecular formula is C12H20N2O3. The summed E-state index contributed by atoms with van der Waals surface area (Å²) >= 11 is 0. The topological polar surface area (TPSA) is 77.5 Å². The highest BCUT2D eigenvalue weighted by atomic mass is 16.5. The Balaban J connectivity index is 2.81. The van der Waals surface area contributed by atoms with E-state index in [0.29, 0.717) is 25.3 Å². The summed E-state index contributed by atoms with van der Waals surface area (Å²) in [7, 11) is 0. The van der Waals surface area contributed by atoms with Gasteiger partial charge in [0.15, 0.2) is 5.75 Å². The molecule has 0 aliphatic rings. The van der Waals surface area contributed by atoms with Crippen molar-refractivity contribution in [2.45, 2.75) is 32.4 Å². The van der Waals surface area contributed by atoms with E-state index in [1.807, 2.05) is 13.8 Å². The number of rotatable bonds is 6. The number of aliphatic hydroxyl groups excluding tert-OH is 1. The molecule has 96 valence electrons. The van der Waals surface area contributed by atoms with E-state index in [1.54, 1.807) is 18.3 Å². The first-order valence-electron chi connectivity index (χ1n) is 5.66. The Morgan fingerprint density at radius 1 is 1.53 bits per heavy atom. The van der Waals surface area contributed by atoms with E-state index in [9.17, 15) is 4.79 Å². The number of nitrogens with zero attached hydrogens (tertiary/aromatic N) is 1. The molecule has 0 spiro atoms. The van der Waals surface area contributed by atoms with Crippen LogP contribution < -0.4 is 16.0 Å². The first-order valence-corrected chi connectivity index (χ1v) is 5.66. The molecule has 0 radical (unpaired) electrons. The van der Waals surface area contributed by atoms with Crippen molar-refractivity contribution in [1.82, 2.24) is 4.57 Å². The van der Waals surface area contributed by atoms with Gasteiger partial charge in [0.25, 0.3) is 5.56 Å². The van der Waals surface area contributed by atoms with Crippen molar-refractivity contribution in [2.24, 2.45) is 5.73 Å². The lowest BCUT2D eigenvalue weighted by atomic mass is 10.1. The van der Waals surface area contributed by atoms with Gasteiger partial charge in [-0.05, 0) is 26.0 Å². The molecule has 0 aliphatic heterocycles. The zero-order valence-corrected chi connectivity index (χ0v) is 10.3. The highest BCUT2D eigenvalue weighted by Gasteiger charge is 2.13. The standard InChI is InChI=1S/C12H20N2O3/c1-12(2,13)9-14-6-3-5-10(11(14)16)17-8-4-7-15/h3,5-6,15H,4,7-9,13H2,1-2H3. The van der Waals surface area contributed by atoms with Crippen molar-refractivity contribution in [1.29, 1.82) is 0 Å². The van der Waals surface area contributed by atoms with Gasteiger partial charge in [-0.2, -0.15) is 0 Å². The maximum atomic E-state index is 12.0. The normalized spacial score (nSPS) is 11.5. The molecule has 17 heavy (non-hydrogen) atoms. The molecule has 0 aromatic carbocycles. The van der Waals surface area contributed by atoms with Gasteiger partial charge in [0.05, 0.1) is 6.61 Å². The maximum absolute atomic E-state index is 12.0. The minimum atomic E-state index is -0.451. The lowest BCUT2D eigenvalue weighted by molar-refractivity contribution is 0.231. The van der Waals surface area contributed by atoms with E-state index in [2.05, 4.69) is 0 Å². The number of aliphatic hydroxyl groups is 1. The molecule has 0 saturated heterocycles. The highest BCUT2D eigenvalue weighted by molar-refractivity contribution is 5.17. The highest BCUT2D eigenvalue weighted by Crippen LogP contribution is 2.05. The summed E-state index contributed by atoms with van der Waals surface area (Å²) in [4.78, 5) is 12.0. The van der Waals surface area contributed by atoms with Gasteiger partial charge in [0, 0.05) is 31.3 Å². The Kier molecular flexibility index (Phi) is 4.72. The van der Waals surface area contributed by atoms with E-state index in [1.165, 1.54) is 4.57 Å². The summed E-state index contributed by atoms with van der Waals surface area (Å²) in [5.41, 5.74) is 5.23. The second kappa shape index (κ2) is 5.84. The van der Waals surface area contributed by atoms with E-state index >= 15 is 0 Å². The lowest BCUT2D eigenvalue weighted by Crippen LogP contribution is -2.40. The quantitative estimate of drug-likeness (QED) is 0.703. The van der Waals surface area contributed by atoms with Gasteiger partial charge in [-0.15, -0.1) is 0 Å². The van der Waals surface area contributed by atoms with Crippen LogP contribution in [0.3, 0.4) is 0 Å². The van der Waals surface area contributed by atoms with Crippen molar-refractivity contribution in [3.05, 3.63) is 28.7 Å². The molecule has 0 fully saturated rings. The van der Waals surface area contributed by atoms with Crippen LogP contribution in [0.2, 0.25) is 0 Å². The molecule has 0 amide bonds. The molecule has 1 rings (SSSR count). The number of hydrogen-bond donors (Lipinski definition) is 2. The smallest absolute Gasteiger partial charge is 0.292 e. The Labute approximate surface area is 101 Å². The summed E-state index contributed by atoms with van der Waals surface area (Å²) in [5, 5.41) is 8.64. The largest absolute Gasteiger partial charge is 0.488 e. The third kappa shape index (κ3) is 4.58. The number of pyridine rings is 1. The molecule has 5 heteroatoms. The molecular weight excluding hydrogens is 220 g/mol. The predicted octanol–water partition coefficient (Wildman–Crippen LogP) is 0.347. The van der Waals surface area contributed by atoms with E-state index in [0.717, 1.165) is 0 Å². The fourth-order valence-corrected chi connectivity index (χ4v) is 1.43. The van der Waals surface area contributed by atoms with Crippen LogP contribution in [0, 0.1) is 0 Å². The minimum absolute atomic E-state index is 0.0524. The van der Waals surface area contributed by atoms with Crippen molar-refractivity contribution in [2.75, 3.05) is 13.2 Å². The SMILES string of the molecule is CC(C)(N)Cn1cccc(OCCCO)c1=O. The van der Waals surface area contributed by atoms with Crippen LogP contribution in [-0.4, -0.2) is 28.4 Å². The van der Waals surface area contributed by atoms with Crippen LogP contribution in [0.5, 0.6) is 5.75 Å². The summed E-state index contributed by atoms with van der Waals surface area (Å²) < 4.78 is 6.83. The van der Waals surface area contributed by atoms with Gasteiger partial charge < -0.3 is 20.1 Å². The molecule has 1 heterocycles. The van der Waals surface area contributed by atoms with Crippen molar-refractivity contribution in [3.63, 3.8) is 0 Å². The van der Waals surface area contributed by atoms with Crippen molar-refractivity contribution < 1.29 is 9.84 Å². The van der Waals surface area contributed by atoms with E-state index in [-0.39, 0.29) is 12.2 Å². The zero-order chi connectivity index (χ0) is 12.9. The van der Waals surface area contributed by atoms with Gasteiger partial charge in [0.2, 0.25) is 0 Å². The van der Waals surface area contributed by atoms with Crippen LogP contribution in [0.1, 0.15) is 20.3 Å². The Bertz CT molecular complexity index is 407. The minimum Gasteiger partial charge on any atom is -0.488 e. The molecule has 0 aliphatic carbocycles. The molecule has 0 bridgehead atoms. The number of nitrogens with two attached hydrogens (primary N) is 1. The maximum Gasteiger partial charge on any atom is 0.292 e. The Morgan fingerprint density at radius 3 is 2.82 bits per heavy atom. The predicted molar refractivity (Wildman–Crippen MR) is 66.2 cm³/mol. The first-order chi connectivity index (χ1) is 7.94. The number of ether oxygens (including phenoxy) is 1. The van der Waals surface area contributed by atoms with Crippen LogP contribution >= 0.6 is 0 Å². The third-order valence-electron chi connectivity index (χ3n) is 2.12. The fraction of sp³-hybridized carbons (Fsp3) is 0.583. The number of hydrogen-bond acceptors (Lipinski definition) is 4. The van der Waals surface area contributed by atoms with Gasteiger partial charge in [0.1, 0.15) is 0 Å². The van der Waals surface area contributed by atoms with Gasteiger partial charge >= 0.3 is 0 Å². The third-order valence-corrected chi connectivity index (χ3v) is 2.12. The lowest BCUT2D eigenvalue weighted by Gasteiger charge is -2.20. The van der Waals surface area contributed by atoms with Crippen LogP contribution in [0.25, 0.3) is 0 Å². The molecule has 0 atom stereocenters. The second-order valence-corrected chi connectivity index (χ2v) is 4.72. The second-order valence-electron chi connectivity index (χ2n) is 4.72. The van der Waals surface area contributed by atoms with Gasteiger partial charge in [-0.3, -0.25) is 4.79 Å². The molecule has 5 nitrogen and oxygen atoms in total. The van der Waals surface area contributed by atoms with Crippen molar-refractivity contribution in [3.8, 4) is 5.75 Å². The Hall–Kier alpha value is -1.33. The van der Waals surface area contributed by atoms with E-state index < -0.39 is 5.54 Å². The van der Waals surface area contributed by atoms with Crippen LogP contribution in [-0.2, 0) is 6.54 Å². The molecule has 1 aromatic rings. The van der Waals surface area contributed by atoms with Gasteiger partial charge in [-0.25, -0.2) is 0 Å². The molecule has 0 saturated carbocycles. The molecule has 0 unspecified atom stereocenters. The number of aromatic nitrogens is 1.